The van der Waals surface area contributed by atoms with Gasteiger partial charge in [0.2, 0.25) is 5.82 Å². The second-order valence-electron chi connectivity index (χ2n) is 2.10. The molecule has 3 nitrogen and oxygen atoms in total. The first-order valence-corrected chi connectivity index (χ1v) is 4.48. The van der Waals surface area contributed by atoms with E-state index in [0.29, 0.717) is 5.82 Å². The normalized spacial score (nSPS) is 9.45. The summed E-state index contributed by atoms with van der Waals surface area (Å²) in [6.45, 7) is 0.855. The van der Waals surface area contributed by atoms with Gasteiger partial charge in [-0.25, -0.2) is 4.98 Å². The van der Waals surface area contributed by atoms with Crippen molar-refractivity contribution in [2.24, 2.45) is 0 Å². The monoisotopic (exact) mass is 213 g/mol. The van der Waals surface area contributed by atoms with Gasteiger partial charge in [-0.15, -0.1) is 0 Å². The van der Waals surface area contributed by atoms with Crippen molar-refractivity contribution < 1.29 is 0 Å². The predicted octanol–water partition coefficient (Wildman–Crippen LogP) is 1.54. The maximum atomic E-state index is 8.56. The van der Waals surface area contributed by atoms with Crippen LogP contribution >= 0.6 is 15.9 Å². The minimum absolute atomic E-state index is 0.492. The number of rotatable bonds is 3. The zero-order chi connectivity index (χ0) is 8.10. The lowest BCUT2D eigenvalue weighted by Crippen LogP contribution is -1.99. The molecule has 0 radical (unpaired) electrons. The third-order valence-electron chi connectivity index (χ3n) is 1.35. The van der Waals surface area contributed by atoms with Crippen molar-refractivity contribution in [1.29, 1.82) is 5.26 Å². The topological polar surface area (TPSA) is 41.6 Å². The summed E-state index contributed by atoms with van der Waals surface area (Å²) in [6, 6.07) is 2.02. The Morgan fingerprint density at radius 3 is 3.18 bits per heavy atom. The molecule has 1 heterocycles. The molecule has 4 heteroatoms. The highest BCUT2D eigenvalue weighted by Gasteiger charge is 1.98. The molecule has 0 saturated carbocycles. The largest absolute Gasteiger partial charge is 0.323 e. The fourth-order valence-electron chi connectivity index (χ4n) is 0.833. The van der Waals surface area contributed by atoms with Gasteiger partial charge in [-0.2, -0.15) is 5.26 Å². The molecule has 0 aliphatic carbocycles. The van der Waals surface area contributed by atoms with Gasteiger partial charge in [0, 0.05) is 24.3 Å². The first-order chi connectivity index (χ1) is 5.38. The number of halogens is 1. The van der Waals surface area contributed by atoms with Crippen LogP contribution in [0.4, 0.5) is 0 Å². The van der Waals surface area contributed by atoms with Crippen LogP contribution in [-0.4, -0.2) is 14.9 Å². The van der Waals surface area contributed by atoms with Gasteiger partial charge in [0.25, 0.3) is 0 Å². The summed E-state index contributed by atoms with van der Waals surface area (Å²) in [5, 5.41) is 9.52. The highest BCUT2D eigenvalue weighted by molar-refractivity contribution is 9.09. The molecule has 0 aliphatic heterocycles. The summed E-state index contributed by atoms with van der Waals surface area (Å²) in [6.07, 6.45) is 4.49. The lowest BCUT2D eigenvalue weighted by molar-refractivity contribution is 0.676. The van der Waals surface area contributed by atoms with Crippen LogP contribution in [0.2, 0.25) is 0 Å². The zero-order valence-corrected chi connectivity index (χ0v) is 7.58. The van der Waals surface area contributed by atoms with Gasteiger partial charge in [0.15, 0.2) is 0 Å². The molecule has 0 N–H and O–H groups in total. The van der Waals surface area contributed by atoms with Crippen molar-refractivity contribution in [3.8, 4) is 6.07 Å². The van der Waals surface area contributed by atoms with E-state index in [-0.39, 0.29) is 0 Å². The van der Waals surface area contributed by atoms with Gasteiger partial charge in [0.05, 0.1) is 0 Å². The molecular weight excluding hydrogens is 206 g/mol. The van der Waals surface area contributed by atoms with E-state index in [0.717, 1.165) is 18.3 Å². The number of nitrogens with zero attached hydrogens (tertiary/aromatic N) is 3. The molecule has 0 saturated heterocycles. The molecule has 0 spiro atoms. The van der Waals surface area contributed by atoms with Crippen LogP contribution in [0.3, 0.4) is 0 Å². The Kier molecular flexibility index (Phi) is 3.12. The molecule has 1 aromatic rings. The summed E-state index contributed by atoms with van der Waals surface area (Å²) >= 11 is 3.32. The molecular formula is C7H8BrN3. The van der Waals surface area contributed by atoms with Gasteiger partial charge >= 0.3 is 0 Å². The average molecular weight is 214 g/mol. The minimum Gasteiger partial charge on any atom is -0.323 e. The van der Waals surface area contributed by atoms with E-state index in [2.05, 4.69) is 20.9 Å². The second kappa shape index (κ2) is 4.14. The molecule has 1 rings (SSSR count). The lowest BCUT2D eigenvalue weighted by Gasteiger charge is -1.99. The molecule has 0 atom stereocenters. The van der Waals surface area contributed by atoms with Crippen molar-refractivity contribution in [2.75, 3.05) is 5.33 Å². The molecule has 0 aromatic carbocycles. The van der Waals surface area contributed by atoms with Crippen LogP contribution in [0.15, 0.2) is 12.4 Å². The highest BCUT2D eigenvalue weighted by Crippen LogP contribution is 1.98. The number of nitriles is 1. The predicted molar refractivity (Wildman–Crippen MR) is 45.4 cm³/mol. The molecule has 58 valence electrons. The Morgan fingerprint density at radius 2 is 2.55 bits per heavy atom. The Bertz CT molecular complexity index is 261. The van der Waals surface area contributed by atoms with Crippen LogP contribution in [0.25, 0.3) is 0 Å². The maximum Gasteiger partial charge on any atom is 0.212 e. The second-order valence-corrected chi connectivity index (χ2v) is 2.89. The lowest BCUT2D eigenvalue weighted by atomic mass is 10.4. The van der Waals surface area contributed by atoms with Gasteiger partial charge < -0.3 is 4.57 Å². The van der Waals surface area contributed by atoms with Gasteiger partial charge in [-0.1, -0.05) is 15.9 Å². The van der Waals surface area contributed by atoms with E-state index in [9.17, 15) is 0 Å². The Hall–Kier alpha value is -0.820. The minimum atomic E-state index is 0.492. The van der Waals surface area contributed by atoms with Crippen LogP contribution in [0, 0.1) is 11.3 Å². The molecule has 0 bridgehead atoms. The van der Waals surface area contributed by atoms with Crippen molar-refractivity contribution in [1.82, 2.24) is 9.55 Å². The first kappa shape index (κ1) is 8.28. The van der Waals surface area contributed by atoms with E-state index >= 15 is 0 Å². The van der Waals surface area contributed by atoms with Crippen LogP contribution < -0.4 is 0 Å². The highest BCUT2D eigenvalue weighted by atomic mass is 79.9. The molecule has 0 unspecified atom stereocenters. The van der Waals surface area contributed by atoms with Gasteiger partial charge in [-0.05, 0) is 6.42 Å². The van der Waals surface area contributed by atoms with E-state index in [1.165, 1.54) is 0 Å². The third kappa shape index (κ3) is 2.05. The Balaban J connectivity index is 2.63. The summed E-state index contributed by atoms with van der Waals surface area (Å²) in [7, 11) is 0. The SMILES string of the molecule is N#Cc1nccn1CCCBr. The summed E-state index contributed by atoms with van der Waals surface area (Å²) in [5.74, 6) is 0.492. The van der Waals surface area contributed by atoms with E-state index in [4.69, 9.17) is 5.26 Å². The number of hydrogen-bond donors (Lipinski definition) is 0. The van der Waals surface area contributed by atoms with E-state index in [1.807, 2.05) is 16.8 Å². The van der Waals surface area contributed by atoms with Crippen molar-refractivity contribution in [3.05, 3.63) is 18.2 Å². The number of aryl methyl sites for hydroxylation is 1. The van der Waals surface area contributed by atoms with Crippen molar-refractivity contribution in [3.63, 3.8) is 0 Å². The van der Waals surface area contributed by atoms with Crippen LogP contribution in [0.1, 0.15) is 12.2 Å². The number of hydrogen-bond acceptors (Lipinski definition) is 2. The standard InChI is InChI=1S/C7H8BrN3/c8-2-1-4-11-5-3-10-7(11)6-9/h3,5H,1-2,4H2. The number of imidazole rings is 1. The fourth-order valence-corrected chi connectivity index (χ4v) is 1.08. The summed E-state index contributed by atoms with van der Waals surface area (Å²) in [5.41, 5.74) is 0. The van der Waals surface area contributed by atoms with Crippen LogP contribution in [-0.2, 0) is 6.54 Å². The smallest absolute Gasteiger partial charge is 0.212 e. The average Bonchev–Trinajstić information content (AvgIpc) is 2.47. The fraction of sp³-hybridized carbons (Fsp3) is 0.429. The first-order valence-electron chi connectivity index (χ1n) is 3.35. The number of alkyl halides is 1. The zero-order valence-electron chi connectivity index (χ0n) is 6.00. The summed E-state index contributed by atoms with van der Waals surface area (Å²) in [4.78, 5) is 3.87. The van der Waals surface area contributed by atoms with E-state index < -0.39 is 0 Å². The summed E-state index contributed by atoms with van der Waals surface area (Å²) < 4.78 is 1.85. The molecule has 0 fully saturated rings. The molecule has 1 aromatic heterocycles. The van der Waals surface area contributed by atoms with E-state index in [1.54, 1.807) is 6.20 Å². The Labute approximate surface area is 73.8 Å². The van der Waals surface area contributed by atoms with Gasteiger partial charge in [-0.3, -0.25) is 0 Å². The van der Waals surface area contributed by atoms with Crippen molar-refractivity contribution >= 4 is 15.9 Å². The number of aromatic nitrogens is 2. The molecule has 0 amide bonds. The van der Waals surface area contributed by atoms with Crippen molar-refractivity contribution in [2.45, 2.75) is 13.0 Å². The maximum absolute atomic E-state index is 8.56. The van der Waals surface area contributed by atoms with Crippen LogP contribution in [0.5, 0.6) is 0 Å². The van der Waals surface area contributed by atoms with Gasteiger partial charge in [0.1, 0.15) is 6.07 Å². The molecule has 11 heavy (non-hydrogen) atoms. The quantitative estimate of drug-likeness (QED) is 0.716. The molecule has 0 aliphatic rings. The third-order valence-corrected chi connectivity index (χ3v) is 1.91. The Morgan fingerprint density at radius 1 is 1.73 bits per heavy atom.